The van der Waals surface area contributed by atoms with Crippen LogP contribution in [0.1, 0.15) is 24.8 Å². The van der Waals surface area contributed by atoms with Gasteiger partial charge in [0.1, 0.15) is 6.54 Å². The summed E-state index contributed by atoms with van der Waals surface area (Å²) in [5.74, 6) is -0.959. The van der Waals surface area contributed by atoms with Crippen LogP contribution in [-0.4, -0.2) is 5.97 Å². The van der Waals surface area contributed by atoms with E-state index in [-0.39, 0.29) is 6.42 Å². The molecule has 14 heavy (non-hydrogen) atoms. The molecule has 0 aliphatic heterocycles. The number of unbranched alkanes of at least 4 members (excludes halogenated alkanes) is 1. The van der Waals surface area contributed by atoms with Crippen molar-refractivity contribution in [2.24, 2.45) is 0 Å². The van der Waals surface area contributed by atoms with Crippen LogP contribution in [0, 0.1) is 6.92 Å². The van der Waals surface area contributed by atoms with E-state index in [4.69, 9.17) is 0 Å². The van der Waals surface area contributed by atoms with E-state index in [1.807, 2.05) is 31.5 Å². The lowest BCUT2D eigenvalue weighted by molar-refractivity contribution is -0.697. The fourth-order valence-corrected chi connectivity index (χ4v) is 1.24. The number of carboxylic acids is 1. The van der Waals surface area contributed by atoms with Crippen LogP contribution < -0.4 is 9.67 Å². The van der Waals surface area contributed by atoms with Gasteiger partial charge in [0.05, 0.1) is 0 Å². The molecule has 0 spiro atoms. The summed E-state index contributed by atoms with van der Waals surface area (Å²) < 4.78 is 2.06. The molecule has 76 valence electrons. The van der Waals surface area contributed by atoms with E-state index in [2.05, 4.69) is 4.57 Å². The molecule has 0 aliphatic carbocycles. The van der Waals surface area contributed by atoms with E-state index in [1.54, 1.807) is 0 Å². The van der Waals surface area contributed by atoms with Crippen LogP contribution in [0.4, 0.5) is 0 Å². The first kappa shape index (κ1) is 10.7. The second-order valence-corrected chi connectivity index (χ2v) is 3.44. The number of aromatic nitrogens is 1. The Morgan fingerprint density at radius 1 is 1.36 bits per heavy atom. The van der Waals surface area contributed by atoms with Gasteiger partial charge in [-0.2, -0.15) is 0 Å². The van der Waals surface area contributed by atoms with Gasteiger partial charge < -0.3 is 9.90 Å². The first-order valence-electron chi connectivity index (χ1n) is 4.84. The Hall–Kier alpha value is -1.38. The van der Waals surface area contributed by atoms with Gasteiger partial charge >= 0.3 is 0 Å². The maximum absolute atomic E-state index is 10.1. The highest BCUT2D eigenvalue weighted by Crippen LogP contribution is 1.95. The summed E-state index contributed by atoms with van der Waals surface area (Å²) in [5.41, 5.74) is 1.23. The molecule has 0 N–H and O–H groups in total. The standard InChI is InChI=1S/C11H15NO2/c1-10-5-8-12(9-6-10)7-3-2-4-11(13)14/h5-6,8-9H,2-4,7H2,1H3. The fourth-order valence-electron chi connectivity index (χ4n) is 1.24. The number of rotatable bonds is 5. The van der Waals surface area contributed by atoms with E-state index in [1.165, 1.54) is 5.56 Å². The number of carboxylic acid groups (broad SMARTS) is 1. The van der Waals surface area contributed by atoms with E-state index in [0.717, 1.165) is 13.0 Å². The zero-order valence-electron chi connectivity index (χ0n) is 8.40. The molecule has 1 rings (SSSR count). The topological polar surface area (TPSA) is 44.0 Å². The highest BCUT2D eigenvalue weighted by Gasteiger charge is 1.98. The molecule has 0 radical (unpaired) electrons. The van der Waals surface area contributed by atoms with E-state index < -0.39 is 5.97 Å². The minimum absolute atomic E-state index is 0.159. The molecule has 1 aromatic heterocycles. The van der Waals surface area contributed by atoms with Crippen LogP contribution >= 0.6 is 0 Å². The number of aliphatic carboxylic acids is 1. The number of aryl methyl sites for hydroxylation is 2. The summed E-state index contributed by atoms with van der Waals surface area (Å²) in [5, 5.41) is 10.1. The van der Waals surface area contributed by atoms with Gasteiger partial charge in [0, 0.05) is 24.5 Å². The van der Waals surface area contributed by atoms with Crippen molar-refractivity contribution in [1.29, 1.82) is 0 Å². The summed E-state index contributed by atoms with van der Waals surface area (Å²) >= 11 is 0. The third kappa shape index (κ3) is 4.03. The number of carbonyl (C=O) groups is 1. The second-order valence-electron chi connectivity index (χ2n) is 3.44. The molecule has 1 heterocycles. The van der Waals surface area contributed by atoms with Crippen LogP contribution in [-0.2, 0) is 11.3 Å². The molecule has 3 heteroatoms. The minimum atomic E-state index is -0.959. The van der Waals surface area contributed by atoms with Crippen molar-refractivity contribution in [3.63, 3.8) is 0 Å². The van der Waals surface area contributed by atoms with E-state index in [9.17, 15) is 9.90 Å². The van der Waals surface area contributed by atoms with Gasteiger partial charge in [0.15, 0.2) is 12.4 Å². The van der Waals surface area contributed by atoms with Gasteiger partial charge in [-0.05, 0) is 25.3 Å². The smallest absolute Gasteiger partial charge is 0.169 e. The largest absolute Gasteiger partial charge is 0.550 e. The van der Waals surface area contributed by atoms with Crippen molar-refractivity contribution in [2.75, 3.05) is 0 Å². The predicted octanol–water partition coefficient (Wildman–Crippen LogP) is 0.203. The number of hydrogen-bond donors (Lipinski definition) is 0. The molecule has 0 fully saturated rings. The average Bonchev–Trinajstić information content (AvgIpc) is 2.15. The molecule has 3 nitrogen and oxygen atoms in total. The maximum Gasteiger partial charge on any atom is 0.169 e. The molecule has 0 aromatic carbocycles. The van der Waals surface area contributed by atoms with Crippen molar-refractivity contribution in [2.45, 2.75) is 32.7 Å². The highest BCUT2D eigenvalue weighted by atomic mass is 16.4. The Bertz CT molecular complexity index is 293. The average molecular weight is 193 g/mol. The zero-order chi connectivity index (χ0) is 10.4. The maximum atomic E-state index is 10.1. The second kappa shape index (κ2) is 5.37. The van der Waals surface area contributed by atoms with Crippen molar-refractivity contribution in [3.8, 4) is 0 Å². The quantitative estimate of drug-likeness (QED) is 0.495. The highest BCUT2D eigenvalue weighted by molar-refractivity contribution is 5.63. The van der Waals surface area contributed by atoms with Crippen LogP contribution in [0.3, 0.4) is 0 Å². The summed E-state index contributed by atoms with van der Waals surface area (Å²) in [6.07, 6.45) is 5.74. The molecular formula is C11H15NO2. The summed E-state index contributed by atoms with van der Waals surface area (Å²) in [6.45, 7) is 2.91. The van der Waals surface area contributed by atoms with Gasteiger partial charge in [-0.25, -0.2) is 4.57 Å². The van der Waals surface area contributed by atoms with Crippen molar-refractivity contribution in [1.82, 2.24) is 0 Å². The fraction of sp³-hybridized carbons (Fsp3) is 0.455. The molecule has 0 amide bonds. The SMILES string of the molecule is Cc1cc[n+](CCCCC(=O)[O-])cc1. The summed E-state index contributed by atoms with van der Waals surface area (Å²) in [4.78, 5) is 10.1. The van der Waals surface area contributed by atoms with Gasteiger partial charge in [-0.1, -0.05) is 0 Å². The van der Waals surface area contributed by atoms with Crippen molar-refractivity contribution >= 4 is 5.97 Å². The lowest BCUT2D eigenvalue weighted by Crippen LogP contribution is -2.32. The molecule has 0 unspecified atom stereocenters. The van der Waals surface area contributed by atoms with Crippen LogP contribution in [0.15, 0.2) is 24.5 Å². The van der Waals surface area contributed by atoms with Crippen LogP contribution in [0.2, 0.25) is 0 Å². The zero-order valence-corrected chi connectivity index (χ0v) is 8.40. The van der Waals surface area contributed by atoms with Crippen molar-refractivity contribution < 1.29 is 14.5 Å². The molecular weight excluding hydrogens is 178 g/mol. The first-order chi connectivity index (χ1) is 6.68. The van der Waals surface area contributed by atoms with Gasteiger partial charge in [0.2, 0.25) is 0 Å². The molecule has 0 aliphatic rings. The van der Waals surface area contributed by atoms with Gasteiger partial charge in [-0.3, -0.25) is 0 Å². The molecule has 0 bridgehead atoms. The number of carbonyl (C=O) groups excluding carboxylic acids is 1. The predicted molar refractivity (Wildman–Crippen MR) is 50.2 cm³/mol. The Morgan fingerprint density at radius 2 is 2.00 bits per heavy atom. The number of nitrogens with zero attached hydrogens (tertiary/aromatic N) is 1. The van der Waals surface area contributed by atoms with Crippen LogP contribution in [0.25, 0.3) is 0 Å². The van der Waals surface area contributed by atoms with E-state index in [0.29, 0.717) is 6.42 Å². The summed E-state index contributed by atoms with van der Waals surface area (Å²) in [6, 6.07) is 4.08. The monoisotopic (exact) mass is 193 g/mol. The Morgan fingerprint density at radius 3 is 2.57 bits per heavy atom. The Labute approximate surface area is 84.0 Å². The molecule has 0 saturated heterocycles. The lowest BCUT2D eigenvalue weighted by Gasteiger charge is -2.00. The molecule has 1 aromatic rings. The number of hydrogen-bond acceptors (Lipinski definition) is 2. The lowest BCUT2D eigenvalue weighted by atomic mass is 10.2. The minimum Gasteiger partial charge on any atom is -0.550 e. The number of pyridine rings is 1. The first-order valence-corrected chi connectivity index (χ1v) is 4.84. The summed E-state index contributed by atoms with van der Waals surface area (Å²) in [7, 11) is 0. The Balaban J connectivity index is 2.25. The van der Waals surface area contributed by atoms with Crippen molar-refractivity contribution in [3.05, 3.63) is 30.1 Å². The van der Waals surface area contributed by atoms with E-state index >= 15 is 0 Å². The third-order valence-corrected chi connectivity index (χ3v) is 2.11. The van der Waals surface area contributed by atoms with Gasteiger partial charge in [-0.15, -0.1) is 0 Å². The van der Waals surface area contributed by atoms with Crippen LogP contribution in [0.5, 0.6) is 0 Å². The third-order valence-electron chi connectivity index (χ3n) is 2.11. The van der Waals surface area contributed by atoms with Gasteiger partial charge in [0.25, 0.3) is 0 Å². The Kier molecular flexibility index (Phi) is 4.11. The molecule has 0 atom stereocenters. The normalized spacial score (nSPS) is 10.1. The molecule has 0 saturated carbocycles.